The third kappa shape index (κ3) is 1.95. The maximum absolute atomic E-state index is 8.74. The monoisotopic (exact) mass is 219 g/mol. The molecule has 0 spiro atoms. The Hall–Kier alpha value is -1.53. The third-order valence-corrected chi connectivity index (χ3v) is 2.55. The average molecular weight is 220 g/mol. The lowest BCUT2D eigenvalue weighted by Crippen LogP contribution is -1.96. The van der Waals surface area contributed by atoms with Crippen molar-refractivity contribution >= 4 is 22.6 Å². The molecule has 0 N–H and O–H groups in total. The first-order valence-electron chi connectivity index (χ1n) is 4.76. The van der Waals surface area contributed by atoms with Crippen molar-refractivity contribution in [1.82, 2.24) is 9.55 Å². The summed E-state index contributed by atoms with van der Waals surface area (Å²) in [5, 5.41) is 8.74. The van der Waals surface area contributed by atoms with Crippen LogP contribution in [0.3, 0.4) is 0 Å². The molecule has 0 aliphatic rings. The van der Waals surface area contributed by atoms with E-state index < -0.39 is 0 Å². The number of hydrogen-bond acceptors (Lipinski definition) is 2. The number of aryl methyl sites for hydroxylation is 1. The van der Waals surface area contributed by atoms with Crippen LogP contribution < -0.4 is 0 Å². The predicted octanol–water partition coefficient (Wildman–Crippen LogP) is 2.54. The molecule has 0 amide bonds. The first-order valence-corrected chi connectivity index (χ1v) is 5.29. The Kier molecular flexibility index (Phi) is 2.89. The molecule has 0 bridgehead atoms. The molecule has 2 rings (SSSR count). The molecular formula is C11H10ClN3. The van der Waals surface area contributed by atoms with Gasteiger partial charge in [-0.2, -0.15) is 5.26 Å². The molecule has 0 aliphatic carbocycles. The minimum atomic E-state index is 0.644. The summed E-state index contributed by atoms with van der Waals surface area (Å²) in [6, 6.07) is 7.63. The van der Waals surface area contributed by atoms with Crippen LogP contribution >= 0.6 is 11.6 Å². The Morgan fingerprint density at radius 2 is 2.33 bits per heavy atom. The van der Waals surface area contributed by atoms with Gasteiger partial charge in [-0.3, -0.25) is 0 Å². The summed E-state index contributed by atoms with van der Waals surface area (Å²) in [5.41, 5.74) is 2.56. The van der Waals surface area contributed by atoms with Crippen molar-refractivity contribution in [2.24, 2.45) is 0 Å². The highest BCUT2D eigenvalue weighted by atomic mass is 35.5. The van der Waals surface area contributed by atoms with Gasteiger partial charge in [-0.1, -0.05) is 0 Å². The fraction of sp³-hybridized carbons (Fsp3) is 0.273. The normalized spacial score (nSPS) is 10.4. The fourth-order valence-electron chi connectivity index (χ4n) is 1.54. The molecule has 1 aromatic carbocycles. The van der Waals surface area contributed by atoms with Gasteiger partial charge >= 0.3 is 0 Å². The van der Waals surface area contributed by atoms with E-state index in [0.717, 1.165) is 24.0 Å². The van der Waals surface area contributed by atoms with E-state index in [1.54, 1.807) is 18.5 Å². The van der Waals surface area contributed by atoms with E-state index in [2.05, 4.69) is 15.6 Å². The molecule has 0 saturated carbocycles. The largest absolute Gasteiger partial charge is 0.331 e. The summed E-state index contributed by atoms with van der Waals surface area (Å²) in [4.78, 5) is 4.25. The number of aromatic nitrogens is 2. The molecule has 2 aromatic rings. The van der Waals surface area contributed by atoms with Crippen LogP contribution in [0.5, 0.6) is 0 Å². The molecule has 1 heterocycles. The van der Waals surface area contributed by atoms with E-state index in [1.807, 2.05) is 6.07 Å². The number of hydrogen-bond donors (Lipinski definition) is 0. The summed E-state index contributed by atoms with van der Waals surface area (Å²) in [6.07, 6.45) is 2.71. The van der Waals surface area contributed by atoms with Crippen molar-refractivity contribution in [3.63, 3.8) is 0 Å². The van der Waals surface area contributed by atoms with Crippen molar-refractivity contribution < 1.29 is 0 Å². The molecule has 76 valence electrons. The van der Waals surface area contributed by atoms with Gasteiger partial charge in [0.25, 0.3) is 0 Å². The zero-order valence-corrected chi connectivity index (χ0v) is 8.91. The van der Waals surface area contributed by atoms with E-state index in [4.69, 9.17) is 16.9 Å². The Morgan fingerprint density at radius 1 is 1.47 bits per heavy atom. The Bertz CT molecular complexity index is 510. The van der Waals surface area contributed by atoms with Crippen molar-refractivity contribution in [1.29, 1.82) is 5.26 Å². The minimum absolute atomic E-state index is 0.644. The first-order chi connectivity index (χ1) is 7.35. The molecule has 0 unspecified atom stereocenters. The van der Waals surface area contributed by atoms with Gasteiger partial charge in [0, 0.05) is 12.4 Å². The smallest absolute Gasteiger partial charge is 0.0992 e. The van der Waals surface area contributed by atoms with Gasteiger partial charge in [-0.15, -0.1) is 11.6 Å². The summed E-state index contributed by atoms with van der Waals surface area (Å²) < 4.78 is 2.05. The zero-order valence-electron chi connectivity index (χ0n) is 8.15. The highest BCUT2D eigenvalue weighted by Gasteiger charge is 2.02. The highest BCUT2D eigenvalue weighted by Crippen LogP contribution is 2.14. The van der Waals surface area contributed by atoms with Crippen LogP contribution in [0, 0.1) is 11.3 Å². The summed E-state index contributed by atoms with van der Waals surface area (Å²) >= 11 is 5.64. The molecule has 0 radical (unpaired) electrons. The molecule has 0 atom stereocenters. The van der Waals surface area contributed by atoms with Gasteiger partial charge in [0.1, 0.15) is 0 Å². The maximum atomic E-state index is 8.74. The van der Waals surface area contributed by atoms with E-state index in [1.165, 1.54) is 0 Å². The van der Waals surface area contributed by atoms with Crippen LogP contribution in [0.25, 0.3) is 11.0 Å². The van der Waals surface area contributed by atoms with Gasteiger partial charge in [0.15, 0.2) is 0 Å². The fourth-order valence-corrected chi connectivity index (χ4v) is 1.66. The SMILES string of the molecule is N#Cc1ccc2c(c1)ncn2CCCCl. The predicted molar refractivity (Wildman–Crippen MR) is 59.8 cm³/mol. The van der Waals surface area contributed by atoms with Crippen LogP contribution in [0.4, 0.5) is 0 Å². The van der Waals surface area contributed by atoms with Gasteiger partial charge in [0.2, 0.25) is 0 Å². The van der Waals surface area contributed by atoms with Crippen molar-refractivity contribution in [2.45, 2.75) is 13.0 Å². The summed E-state index contributed by atoms with van der Waals surface area (Å²) in [7, 11) is 0. The number of halogens is 1. The van der Waals surface area contributed by atoms with Crippen molar-refractivity contribution in [3.8, 4) is 6.07 Å². The molecular weight excluding hydrogens is 210 g/mol. The topological polar surface area (TPSA) is 41.6 Å². The van der Waals surface area contributed by atoms with Crippen LogP contribution in [-0.4, -0.2) is 15.4 Å². The highest BCUT2D eigenvalue weighted by molar-refractivity contribution is 6.17. The Morgan fingerprint density at radius 3 is 3.07 bits per heavy atom. The number of rotatable bonds is 3. The van der Waals surface area contributed by atoms with Gasteiger partial charge in [-0.05, 0) is 24.6 Å². The van der Waals surface area contributed by atoms with E-state index in [9.17, 15) is 0 Å². The van der Waals surface area contributed by atoms with E-state index in [-0.39, 0.29) is 0 Å². The van der Waals surface area contributed by atoms with Gasteiger partial charge in [0.05, 0.1) is 29.0 Å². The number of fused-ring (bicyclic) bond motifs is 1. The number of benzene rings is 1. The lowest BCUT2D eigenvalue weighted by molar-refractivity contribution is 0.700. The average Bonchev–Trinajstić information content (AvgIpc) is 2.68. The second-order valence-electron chi connectivity index (χ2n) is 3.30. The lowest BCUT2D eigenvalue weighted by Gasteiger charge is -2.01. The van der Waals surface area contributed by atoms with Crippen molar-refractivity contribution in [3.05, 3.63) is 30.1 Å². The van der Waals surface area contributed by atoms with Crippen LogP contribution in [-0.2, 0) is 6.54 Å². The molecule has 0 fully saturated rings. The van der Waals surface area contributed by atoms with Crippen LogP contribution in [0.1, 0.15) is 12.0 Å². The molecule has 4 heteroatoms. The second kappa shape index (κ2) is 4.33. The van der Waals surface area contributed by atoms with Gasteiger partial charge in [-0.25, -0.2) is 4.98 Å². The lowest BCUT2D eigenvalue weighted by atomic mass is 10.2. The van der Waals surface area contributed by atoms with Crippen LogP contribution in [0.15, 0.2) is 24.5 Å². The first kappa shape index (κ1) is 10.0. The Labute approximate surface area is 92.9 Å². The molecule has 0 aliphatic heterocycles. The summed E-state index contributed by atoms with van der Waals surface area (Å²) in [5.74, 6) is 0.649. The number of alkyl halides is 1. The van der Waals surface area contributed by atoms with E-state index >= 15 is 0 Å². The third-order valence-electron chi connectivity index (χ3n) is 2.28. The quantitative estimate of drug-likeness (QED) is 0.745. The summed E-state index contributed by atoms with van der Waals surface area (Å²) in [6.45, 7) is 0.867. The van der Waals surface area contributed by atoms with Crippen molar-refractivity contribution in [2.75, 3.05) is 5.88 Å². The van der Waals surface area contributed by atoms with Gasteiger partial charge < -0.3 is 4.57 Å². The van der Waals surface area contributed by atoms with Crippen LogP contribution in [0.2, 0.25) is 0 Å². The number of nitrogens with zero attached hydrogens (tertiary/aromatic N) is 3. The molecule has 0 saturated heterocycles. The number of imidazole rings is 1. The standard InChI is InChI=1S/C11H10ClN3/c12-4-1-5-15-8-14-10-6-9(7-13)2-3-11(10)15/h2-3,6,8H,1,4-5H2. The minimum Gasteiger partial charge on any atom is -0.331 e. The Balaban J connectivity index is 2.39. The van der Waals surface area contributed by atoms with E-state index in [0.29, 0.717) is 11.4 Å². The number of nitriles is 1. The molecule has 15 heavy (non-hydrogen) atoms. The molecule has 3 nitrogen and oxygen atoms in total. The second-order valence-corrected chi connectivity index (χ2v) is 3.67. The zero-order chi connectivity index (χ0) is 10.7. The molecule has 1 aromatic heterocycles. The maximum Gasteiger partial charge on any atom is 0.0992 e.